The van der Waals surface area contributed by atoms with E-state index >= 15 is 0 Å². The molecule has 0 spiro atoms. The first-order chi connectivity index (χ1) is 7.83. The van der Waals surface area contributed by atoms with Crippen molar-refractivity contribution in [1.82, 2.24) is 0 Å². The van der Waals surface area contributed by atoms with Gasteiger partial charge in [-0.1, -0.05) is 12.5 Å². The molecule has 2 heteroatoms. The molecule has 0 N–H and O–H groups in total. The van der Waals surface area contributed by atoms with Crippen molar-refractivity contribution in [2.75, 3.05) is 6.61 Å². The quantitative estimate of drug-likeness (QED) is 0.713. The Bertz CT molecular complexity index is 276. The molecule has 0 bridgehead atoms. The van der Waals surface area contributed by atoms with Crippen LogP contribution in [-0.4, -0.2) is 18.5 Å². The standard InChI is InChI=1S/C14H22O2/c1-2-16-14(12-9-10-12)13(15)11-7-5-3-4-6-8-11/h7,12,14H,2-6,8-10H2,1H3. The van der Waals surface area contributed by atoms with Gasteiger partial charge in [-0.3, -0.25) is 4.79 Å². The number of Topliss-reactive ketones (excluding diaryl/α,β-unsaturated/α-hetero) is 1. The molecule has 0 heterocycles. The van der Waals surface area contributed by atoms with Gasteiger partial charge in [0.25, 0.3) is 0 Å². The number of carbonyl (C=O) groups is 1. The van der Waals surface area contributed by atoms with E-state index in [4.69, 9.17) is 4.74 Å². The second-order valence-corrected chi connectivity index (χ2v) is 4.91. The summed E-state index contributed by atoms with van der Waals surface area (Å²) in [4.78, 5) is 12.3. The molecule has 1 unspecified atom stereocenters. The summed E-state index contributed by atoms with van der Waals surface area (Å²) >= 11 is 0. The Balaban J connectivity index is 1.99. The SMILES string of the molecule is CCOC(C(=O)C1=CCCCCC1)C1CC1. The molecule has 0 amide bonds. The van der Waals surface area contributed by atoms with Gasteiger partial charge in [0.1, 0.15) is 6.10 Å². The third-order valence-corrected chi connectivity index (χ3v) is 3.51. The normalized spacial score (nSPS) is 23.4. The average molecular weight is 222 g/mol. The summed E-state index contributed by atoms with van der Waals surface area (Å²) in [5.74, 6) is 0.794. The van der Waals surface area contributed by atoms with E-state index in [1.165, 1.54) is 32.1 Å². The number of carbonyl (C=O) groups excluding carboxylic acids is 1. The van der Waals surface area contributed by atoms with Gasteiger partial charge in [-0.25, -0.2) is 0 Å². The second kappa shape index (κ2) is 5.62. The molecule has 1 saturated carbocycles. The molecular formula is C14H22O2. The minimum Gasteiger partial charge on any atom is -0.370 e. The lowest BCUT2D eigenvalue weighted by Gasteiger charge is -2.16. The first kappa shape index (κ1) is 11.8. The van der Waals surface area contributed by atoms with Crippen molar-refractivity contribution < 1.29 is 9.53 Å². The average Bonchev–Trinajstić information content (AvgIpc) is 3.10. The van der Waals surface area contributed by atoms with E-state index in [1.54, 1.807) is 0 Å². The summed E-state index contributed by atoms with van der Waals surface area (Å²) in [6.45, 7) is 2.63. The van der Waals surface area contributed by atoms with Crippen molar-refractivity contribution in [2.24, 2.45) is 5.92 Å². The maximum Gasteiger partial charge on any atom is 0.187 e. The smallest absolute Gasteiger partial charge is 0.187 e. The van der Waals surface area contributed by atoms with E-state index in [0.717, 1.165) is 18.4 Å². The van der Waals surface area contributed by atoms with Crippen LogP contribution in [-0.2, 0) is 9.53 Å². The molecule has 1 atom stereocenters. The molecule has 16 heavy (non-hydrogen) atoms. The van der Waals surface area contributed by atoms with Crippen LogP contribution < -0.4 is 0 Å². The predicted molar refractivity (Wildman–Crippen MR) is 64.3 cm³/mol. The van der Waals surface area contributed by atoms with Crippen LogP contribution in [0.4, 0.5) is 0 Å². The largest absolute Gasteiger partial charge is 0.370 e. The van der Waals surface area contributed by atoms with Gasteiger partial charge < -0.3 is 4.74 Å². The molecule has 0 radical (unpaired) electrons. The van der Waals surface area contributed by atoms with Crippen molar-refractivity contribution in [3.8, 4) is 0 Å². The van der Waals surface area contributed by atoms with Gasteiger partial charge in [0.05, 0.1) is 0 Å². The molecule has 2 rings (SSSR count). The first-order valence-electron chi connectivity index (χ1n) is 6.67. The fraction of sp³-hybridized carbons (Fsp3) is 0.786. The molecule has 0 aromatic carbocycles. The molecule has 0 aromatic heterocycles. The zero-order valence-corrected chi connectivity index (χ0v) is 10.2. The summed E-state index contributed by atoms with van der Waals surface area (Å²) in [6, 6.07) is 0. The lowest BCUT2D eigenvalue weighted by molar-refractivity contribution is -0.127. The Labute approximate surface area is 98.1 Å². The molecule has 2 nitrogen and oxygen atoms in total. The highest BCUT2D eigenvalue weighted by Crippen LogP contribution is 2.36. The molecule has 90 valence electrons. The maximum absolute atomic E-state index is 12.3. The highest BCUT2D eigenvalue weighted by atomic mass is 16.5. The van der Waals surface area contributed by atoms with Crippen LogP contribution >= 0.6 is 0 Å². The minimum absolute atomic E-state index is 0.130. The third kappa shape index (κ3) is 2.94. The molecule has 0 aliphatic heterocycles. The van der Waals surface area contributed by atoms with Crippen LogP contribution in [0.1, 0.15) is 51.9 Å². The predicted octanol–water partition coefficient (Wildman–Crippen LogP) is 3.26. The van der Waals surface area contributed by atoms with Crippen molar-refractivity contribution in [2.45, 2.75) is 58.0 Å². The number of allylic oxidation sites excluding steroid dienone is 1. The van der Waals surface area contributed by atoms with Gasteiger partial charge in [-0.15, -0.1) is 0 Å². The number of hydrogen-bond donors (Lipinski definition) is 0. The topological polar surface area (TPSA) is 26.3 Å². The Hall–Kier alpha value is -0.630. The van der Waals surface area contributed by atoms with E-state index in [2.05, 4.69) is 6.08 Å². The fourth-order valence-corrected chi connectivity index (χ4v) is 2.43. The Morgan fingerprint density at radius 1 is 1.44 bits per heavy atom. The fourth-order valence-electron chi connectivity index (χ4n) is 2.43. The summed E-state index contributed by atoms with van der Waals surface area (Å²) in [5, 5.41) is 0. The maximum atomic E-state index is 12.3. The van der Waals surface area contributed by atoms with E-state index in [-0.39, 0.29) is 11.9 Å². The lowest BCUT2D eigenvalue weighted by atomic mass is 9.99. The third-order valence-electron chi connectivity index (χ3n) is 3.51. The number of rotatable bonds is 5. The first-order valence-corrected chi connectivity index (χ1v) is 6.67. The number of ether oxygens (including phenoxy) is 1. The monoisotopic (exact) mass is 222 g/mol. The van der Waals surface area contributed by atoms with Gasteiger partial charge >= 0.3 is 0 Å². The van der Waals surface area contributed by atoms with Crippen molar-refractivity contribution in [3.63, 3.8) is 0 Å². The highest BCUT2D eigenvalue weighted by Gasteiger charge is 2.37. The zero-order valence-electron chi connectivity index (χ0n) is 10.2. The van der Waals surface area contributed by atoms with Gasteiger partial charge in [0.2, 0.25) is 0 Å². The molecule has 0 saturated heterocycles. The van der Waals surface area contributed by atoms with Crippen LogP contribution in [0.25, 0.3) is 0 Å². The Morgan fingerprint density at radius 3 is 2.94 bits per heavy atom. The van der Waals surface area contributed by atoms with E-state index in [1.807, 2.05) is 6.92 Å². The van der Waals surface area contributed by atoms with Crippen LogP contribution in [0.15, 0.2) is 11.6 Å². The van der Waals surface area contributed by atoms with Gasteiger partial charge in [0, 0.05) is 6.61 Å². The summed E-state index contributed by atoms with van der Waals surface area (Å²) in [5.41, 5.74) is 1.04. The summed E-state index contributed by atoms with van der Waals surface area (Å²) in [7, 11) is 0. The van der Waals surface area contributed by atoms with Gasteiger partial charge in [0.15, 0.2) is 5.78 Å². The van der Waals surface area contributed by atoms with Crippen molar-refractivity contribution >= 4 is 5.78 Å². The minimum atomic E-state index is -0.130. The van der Waals surface area contributed by atoms with Crippen LogP contribution in [0.2, 0.25) is 0 Å². The number of hydrogen-bond acceptors (Lipinski definition) is 2. The van der Waals surface area contributed by atoms with Gasteiger partial charge in [-0.05, 0) is 56.9 Å². The zero-order chi connectivity index (χ0) is 11.4. The Morgan fingerprint density at radius 2 is 2.25 bits per heavy atom. The molecular weight excluding hydrogens is 200 g/mol. The van der Waals surface area contributed by atoms with Crippen LogP contribution in [0, 0.1) is 5.92 Å². The van der Waals surface area contributed by atoms with E-state index in [9.17, 15) is 4.79 Å². The Kier molecular flexibility index (Phi) is 4.16. The molecule has 0 aromatic rings. The lowest BCUT2D eigenvalue weighted by Crippen LogP contribution is -2.28. The van der Waals surface area contributed by atoms with E-state index in [0.29, 0.717) is 12.5 Å². The summed E-state index contributed by atoms with van der Waals surface area (Å²) < 4.78 is 5.63. The highest BCUT2D eigenvalue weighted by molar-refractivity contribution is 5.99. The van der Waals surface area contributed by atoms with Crippen molar-refractivity contribution in [1.29, 1.82) is 0 Å². The van der Waals surface area contributed by atoms with E-state index < -0.39 is 0 Å². The van der Waals surface area contributed by atoms with Gasteiger partial charge in [-0.2, -0.15) is 0 Å². The van der Waals surface area contributed by atoms with Crippen molar-refractivity contribution in [3.05, 3.63) is 11.6 Å². The second-order valence-electron chi connectivity index (χ2n) is 4.91. The molecule has 1 fully saturated rings. The molecule has 2 aliphatic carbocycles. The summed E-state index contributed by atoms with van der Waals surface area (Å²) in [6.07, 6.45) is 10.1. The van der Waals surface area contributed by atoms with Crippen LogP contribution in [0.3, 0.4) is 0 Å². The van der Waals surface area contributed by atoms with Crippen LogP contribution in [0.5, 0.6) is 0 Å². The molecule has 2 aliphatic rings. The number of ketones is 1.